The number of aromatic nitrogens is 3. The number of nitrogens with zero attached hydrogens (tertiary/aromatic N) is 3. The fourth-order valence-electron chi connectivity index (χ4n) is 1.26. The molecule has 60 valence electrons. The molecule has 5 nitrogen and oxygen atoms in total. The second-order valence-corrected chi connectivity index (χ2v) is 2.50. The lowest BCUT2D eigenvalue weighted by Gasteiger charge is -1.91. The molecule has 1 aromatic rings. The lowest BCUT2D eigenvalue weighted by molar-refractivity contribution is 0.607. The second kappa shape index (κ2) is 2.11. The minimum Gasteiger partial charge on any atom is -0.352 e. The van der Waals surface area contributed by atoms with Crippen LogP contribution in [0.4, 0.5) is 5.95 Å². The number of rotatable bonds is 1. The topological polar surface area (TPSA) is 51.9 Å². The highest BCUT2D eigenvalue weighted by Gasteiger charge is 2.15. The fraction of sp³-hybridized carbons (Fsp3) is 0.667. The monoisotopic (exact) mass is 154 g/mol. The fourth-order valence-corrected chi connectivity index (χ4v) is 1.26. The molecule has 0 atom stereocenters. The third-order valence-corrected chi connectivity index (χ3v) is 1.84. The number of nitrogens with one attached hydrogen (secondary N) is 1. The van der Waals surface area contributed by atoms with Gasteiger partial charge in [-0.25, -0.2) is 9.48 Å². The first-order valence-electron chi connectivity index (χ1n) is 3.74. The van der Waals surface area contributed by atoms with Crippen LogP contribution in [0.1, 0.15) is 6.92 Å². The van der Waals surface area contributed by atoms with Crippen molar-refractivity contribution in [3.05, 3.63) is 10.5 Å². The summed E-state index contributed by atoms with van der Waals surface area (Å²) < 4.78 is 3.12. The molecule has 1 aliphatic rings. The molecule has 2 heterocycles. The lowest BCUT2D eigenvalue weighted by Crippen LogP contribution is -2.23. The Hall–Kier alpha value is -1.26. The molecule has 5 heteroatoms. The molecular formula is C6H10N4O. The highest BCUT2D eigenvalue weighted by molar-refractivity contribution is 5.27. The quantitative estimate of drug-likeness (QED) is 0.592. The van der Waals surface area contributed by atoms with Gasteiger partial charge in [-0.3, -0.25) is 4.57 Å². The van der Waals surface area contributed by atoms with Crippen molar-refractivity contribution in [1.82, 2.24) is 14.3 Å². The standard InChI is InChI=1S/C6H10N4O/c1-2-10-6(11)9-4-3-7-5(9)8-10/h2-4H2,1H3,(H,7,8). The maximum atomic E-state index is 11.3. The zero-order valence-electron chi connectivity index (χ0n) is 6.37. The van der Waals surface area contributed by atoms with Gasteiger partial charge < -0.3 is 5.32 Å². The van der Waals surface area contributed by atoms with E-state index in [9.17, 15) is 4.79 Å². The Morgan fingerprint density at radius 1 is 1.73 bits per heavy atom. The summed E-state index contributed by atoms with van der Waals surface area (Å²) in [5, 5.41) is 7.09. The van der Waals surface area contributed by atoms with Gasteiger partial charge in [0.25, 0.3) is 0 Å². The molecular weight excluding hydrogens is 144 g/mol. The van der Waals surface area contributed by atoms with Gasteiger partial charge in [0, 0.05) is 19.6 Å². The lowest BCUT2D eigenvalue weighted by atomic mass is 10.7. The van der Waals surface area contributed by atoms with Gasteiger partial charge in [-0.1, -0.05) is 0 Å². The molecule has 0 unspecified atom stereocenters. The smallest absolute Gasteiger partial charge is 0.347 e. The number of fused-ring (bicyclic) bond motifs is 1. The van der Waals surface area contributed by atoms with Gasteiger partial charge >= 0.3 is 5.69 Å². The van der Waals surface area contributed by atoms with Crippen LogP contribution in [-0.4, -0.2) is 20.9 Å². The summed E-state index contributed by atoms with van der Waals surface area (Å²) in [5.41, 5.74) is -0.00694. The van der Waals surface area contributed by atoms with Gasteiger partial charge in [-0.2, -0.15) is 0 Å². The Bertz CT molecular complexity index is 324. The molecule has 0 aliphatic carbocycles. The van der Waals surface area contributed by atoms with Crippen LogP contribution in [0.25, 0.3) is 0 Å². The summed E-state index contributed by atoms with van der Waals surface area (Å²) in [7, 11) is 0. The molecule has 0 saturated heterocycles. The first kappa shape index (κ1) is 6.45. The van der Waals surface area contributed by atoms with Crippen molar-refractivity contribution in [1.29, 1.82) is 0 Å². The molecule has 0 fully saturated rings. The summed E-state index contributed by atoms with van der Waals surface area (Å²) in [6.45, 7) is 4.11. The van der Waals surface area contributed by atoms with Crippen molar-refractivity contribution < 1.29 is 0 Å². The van der Waals surface area contributed by atoms with Crippen molar-refractivity contribution in [2.75, 3.05) is 11.9 Å². The second-order valence-electron chi connectivity index (χ2n) is 2.50. The molecule has 0 bridgehead atoms. The van der Waals surface area contributed by atoms with Gasteiger partial charge in [-0.15, -0.1) is 5.10 Å². The summed E-state index contributed by atoms with van der Waals surface area (Å²) in [6.07, 6.45) is 0. The first-order chi connectivity index (χ1) is 5.33. The minimum atomic E-state index is -0.00694. The van der Waals surface area contributed by atoms with E-state index < -0.39 is 0 Å². The van der Waals surface area contributed by atoms with E-state index in [4.69, 9.17) is 0 Å². The van der Waals surface area contributed by atoms with Crippen LogP contribution in [0, 0.1) is 0 Å². The number of aryl methyl sites for hydroxylation is 1. The highest BCUT2D eigenvalue weighted by atomic mass is 16.2. The van der Waals surface area contributed by atoms with Crippen LogP contribution in [0.2, 0.25) is 0 Å². The third-order valence-electron chi connectivity index (χ3n) is 1.84. The molecule has 1 aromatic heterocycles. The van der Waals surface area contributed by atoms with Crippen LogP contribution >= 0.6 is 0 Å². The zero-order chi connectivity index (χ0) is 7.84. The van der Waals surface area contributed by atoms with E-state index in [0.29, 0.717) is 12.5 Å². The average molecular weight is 154 g/mol. The highest BCUT2D eigenvalue weighted by Crippen LogP contribution is 2.05. The predicted molar refractivity (Wildman–Crippen MR) is 40.7 cm³/mol. The third kappa shape index (κ3) is 0.768. The van der Waals surface area contributed by atoms with Crippen molar-refractivity contribution in [3.8, 4) is 0 Å². The zero-order valence-corrected chi connectivity index (χ0v) is 6.37. The Morgan fingerprint density at radius 3 is 3.18 bits per heavy atom. The minimum absolute atomic E-state index is 0.00694. The predicted octanol–water partition coefficient (Wildman–Crippen LogP) is -0.510. The largest absolute Gasteiger partial charge is 0.352 e. The van der Waals surface area contributed by atoms with Crippen molar-refractivity contribution >= 4 is 5.95 Å². The van der Waals surface area contributed by atoms with E-state index in [1.54, 1.807) is 4.57 Å². The van der Waals surface area contributed by atoms with E-state index in [1.165, 1.54) is 4.68 Å². The SMILES string of the molecule is CCn1nc2n(c1=O)CCN2. The van der Waals surface area contributed by atoms with Crippen molar-refractivity contribution in [2.24, 2.45) is 0 Å². The summed E-state index contributed by atoms with van der Waals surface area (Å²) >= 11 is 0. The molecule has 0 aromatic carbocycles. The maximum absolute atomic E-state index is 11.3. The van der Waals surface area contributed by atoms with Crippen molar-refractivity contribution in [2.45, 2.75) is 20.0 Å². The van der Waals surface area contributed by atoms with Crippen LogP contribution in [-0.2, 0) is 13.1 Å². The molecule has 0 saturated carbocycles. The molecule has 0 radical (unpaired) electrons. The van der Waals surface area contributed by atoms with E-state index >= 15 is 0 Å². The van der Waals surface area contributed by atoms with Gasteiger partial charge in [0.05, 0.1) is 0 Å². The molecule has 1 aliphatic heterocycles. The van der Waals surface area contributed by atoms with Gasteiger partial charge in [-0.05, 0) is 6.92 Å². The molecule has 11 heavy (non-hydrogen) atoms. The van der Waals surface area contributed by atoms with E-state index in [1.807, 2.05) is 6.92 Å². The molecule has 1 N–H and O–H groups in total. The summed E-state index contributed by atoms with van der Waals surface area (Å²) in [6, 6.07) is 0. The van der Waals surface area contributed by atoms with Crippen LogP contribution in [0.15, 0.2) is 4.79 Å². The normalized spacial score (nSPS) is 14.6. The molecule has 0 amide bonds. The van der Waals surface area contributed by atoms with E-state index in [0.717, 1.165) is 13.1 Å². The maximum Gasteiger partial charge on any atom is 0.347 e. The number of hydrogen-bond acceptors (Lipinski definition) is 3. The van der Waals surface area contributed by atoms with Crippen LogP contribution in [0.5, 0.6) is 0 Å². The Labute approximate surface area is 63.6 Å². The Balaban J connectivity index is 2.58. The number of hydrogen-bond donors (Lipinski definition) is 1. The summed E-state index contributed by atoms with van der Waals surface area (Å²) in [4.78, 5) is 11.3. The molecule has 2 rings (SSSR count). The van der Waals surface area contributed by atoms with Gasteiger partial charge in [0.2, 0.25) is 5.95 Å². The van der Waals surface area contributed by atoms with Gasteiger partial charge in [0.15, 0.2) is 0 Å². The summed E-state index contributed by atoms with van der Waals surface area (Å²) in [5.74, 6) is 0.705. The Kier molecular flexibility index (Phi) is 1.24. The number of anilines is 1. The van der Waals surface area contributed by atoms with Gasteiger partial charge in [0.1, 0.15) is 0 Å². The average Bonchev–Trinajstić information content (AvgIpc) is 2.53. The van der Waals surface area contributed by atoms with E-state index in [2.05, 4.69) is 10.4 Å². The van der Waals surface area contributed by atoms with Crippen LogP contribution < -0.4 is 11.0 Å². The molecule has 0 spiro atoms. The van der Waals surface area contributed by atoms with Crippen molar-refractivity contribution in [3.63, 3.8) is 0 Å². The first-order valence-corrected chi connectivity index (χ1v) is 3.74. The van der Waals surface area contributed by atoms with Crippen LogP contribution in [0.3, 0.4) is 0 Å². The van der Waals surface area contributed by atoms with E-state index in [-0.39, 0.29) is 5.69 Å². The Morgan fingerprint density at radius 2 is 2.55 bits per heavy atom.